The number of nitrogens with zero attached hydrogens (tertiary/aromatic N) is 4. The number of carbonyl (C=O) groups excluding carboxylic acids is 1. The maximum absolute atomic E-state index is 13.0. The van der Waals surface area contributed by atoms with Crippen molar-refractivity contribution >= 4 is 61.2 Å². The van der Waals surface area contributed by atoms with Crippen LogP contribution in [0.3, 0.4) is 0 Å². The molecular weight excluding hydrogens is 482 g/mol. The van der Waals surface area contributed by atoms with Gasteiger partial charge in [0.2, 0.25) is 0 Å². The van der Waals surface area contributed by atoms with E-state index < -0.39 is 10.8 Å². The number of nitro benzene ring substituents is 1. The van der Waals surface area contributed by atoms with Crippen molar-refractivity contribution in [2.75, 3.05) is 12.4 Å². The van der Waals surface area contributed by atoms with Gasteiger partial charge in [0.25, 0.3) is 11.6 Å². The molecule has 0 aliphatic rings. The number of hydrogen-bond donors (Lipinski definition) is 2. The van der Waals surface area contributed by atoms with E-state index in [1.54, 1.807) is 67.8 Å². The molecule has 11 heteroatoms. The highest BCUT2D eigenvalue weighted by atomic mass is 32.1. The summed E-state index contributed by atoms with van der Waals surface area (Å²) in [5.74, 6) is -0.229. The fourth-order valence-corrected chi connectivity index (χ4v) is 4.35. The van der Waals surface area contributed by atoms with Gasteiger partial charge in [-0.25, -0.2) is 0 Å². The first-order valence-electron chi connectivity index (χ1n) is 10.6. The number of azo groups is 1. The molecule has 1 heterocycles. The molecule has 0 atom stereocenters. The Morgan fingerprint density at radius 1 is 1.06 bits per heavy atom. The molecule has 5 rings (SSSR count). The zero-order valence-electron chi connectivity index (χ0n) is 18.7. The minimum Gasteiger partial charge on any atom is -0.505 e. The first-order chi connectivity index (χ1) is 17.4. The molecule has 1 amide bonds. The SMILES string of the molecule is COc1ccc(NC(=O)c2cc3ccccc3c(/N=N/c3snc4ccc([N+](=O)[O-])cc34)c2O)cc1. The van der Waals surface area contributed by atoms with Crippen LogP contribution in [0.2, 0.25) is 0 Å². The van der Waals surface area contributed by atoms with Crippen LogP contribution in [0.5, 0.6) is 11.5 Å². The highest BCUT2D eigenvalue weighted by molar-refractivity contribution is 7.11. The normalized spacial score (nSPS) is 11.2. The number of phenols is 1. The highest BCUT2D eigenvalue weighted by Crippen LogP contribution is 2.41. The van der Waals surface area contributed by atoms with Gasteiger partial charge in [0, 0.05) is 28.6 Å². The number of rotatable bonds is 6. The van der Waals surface area contributed by atoms with Crippen molar-refractivity contribution < 1.29 is 19.6 Å². The standard InChI is InChI=1S/C25H17N5O5S/c1-35-17-9-6-15(7-10-17)26-24(32)20-12-14-4-2-3-5-18(14)22(23(20)31)27-28-25-19-13-16(30(33)34)8-11-21(19)29-36-25/h2-13,31H,1H3,(H,26,32)/b28-27+. The predicted octanol–water partition coefficient (Wildman–Crippen LogP) is 6.74. The lowest BCUT2D eigenvalue weighted by Gasteiger charge is -2.11. The fraction of sp³-hybridized carbons (Fsp3) is 0.0400. The lowest BCUT2D eigenvalue weighted by atomic mass is 10.0. The zero-order chi connectivity index (χ0) is 25.2. The second kappa shape index (κ2) is 9.39. The molecule has 0 spiro atoms. The van der Waals surface area contributed by atoms with Gasteiger partial charge in [0.15, 0.2) is 10.8 Å². The average molecular weight is 500 g/mol. The Kier molecular flexibility index (Phi) is 5.97. The summed E-state index contributed by atoms with van der Waals surface area (Å²) in [6, 6.07) is 19.8. The van der Waals surface area contributed by atoms with Gasteiger partial charge in [0.05, 0.1) is 23.1 Å². The number of methoxy groups -OCH3 is 1. The largest absolute Gasteiger partial charge is 0.505 e. The molecule has 36 heavy (non-hydrogen) atoms. The Morgan fingerprint density at radius 2 is 1.83 bits per heavy atom. The number of amides is 1. The molecule has 178 valence electrons. The van der Waals surface area contributed by atoms with E-state index in [4.69, 9.17) is 4.74 Å². The predicted molar refractivity (Wildman–Crippen MR) is 137 cm³/mol. The molecule has 0 aliphatic heterocycles. The Morgan fingerprint density at radius 3 is 2.58 bits per heavy atom. The van der Waals surface area contributed by atoms with Crippen molar-refractivity contribution in [1.29, 1.82) is 0 Å². The molecule has 4 aromatic carbocycles. The van der Waals surface area contributed by atoms with Gasteiger partial charge in [-0.05, 0) is 53.3 Å². The van der Waals surface area contributed by atoms with Gasteiger partial charge in [-0.2, -0.15) is 4.37 Å². The Balaban J connectivity index is 1.55. The summed E-state index contributed by atoms with van der Waals surface area (Å²) < 4.78 is 9.38. The summed E-state index contributed by atoms with van der Waals surface area (Å²) in [5.41, 5.74) is 1.09. The second-order valence-electron chi connectivity index (χ2n) is 7.67. The number of non-ortho nitro benzene ring substituents is 1. The van der Waals surface area contributed by atoms with Crippen molar-refractivity contribution in [3.8, 4) is 11.5 Å². The maximum atomic E-state index is 13.0. The van der Waals surface area contributed by atoms with Crippen LogP contribution in [0.1, 0.15) is 10.4 Å². The average Bonchev–Trinajstić information content (AvgIpc) is 3.30. The topological polar surface area (TPSA) is 139 Å². The Labute approximate surface area is 207 Å². The third-order valence-electron chi connectivity index (χ3n) is 5.48. The van der Waals surface area contributed by atoms with Crippen LogP contribution in [-0.4, -0.2) is 27.4 Å². The number of nitrogens with one attached hydrogen (secondary N) is 1. The van der Waals surface area contributed by atoms with Gasteiger partial charge in [-0.3, -0.25) is 14.9 Å². The monoisotopic (exact) mass is 499 g/mol. The van der Waals surface area contributed by atoms with E-state index in [-0.39, 0.29) is 22.7 Å². The van der Waals surface area contributed by atoms with Crippen LogP contribution in [-0.2, 0) is 0 Å². The smallest absolute Gasteiger partial charge is 0.270 e. The number of ether oxygens (including phenoxy) is 1. The minimum absolute atomic E-state index is 0.0169. The van der Waals surface area contributed by atoms with Gasteiger partial charge in [-0.15, -0.1) is 10.2 Å². The van der Waals surface area contributed by atoms with Crippen molar-refractivity contribution in [3.05, 3.63) is 88.5 Å². The van der Waals surface area contributed by atoms with Crippen LogP contribution in [0.4, 0.5) is 22.1 Å². The third kappa shape index (κ3) is 4.30. The summed E-state index contributed by atoms with van der Waals surface area (Å²) in [6.45, 7) is 0. The molecule has 5 aromatic rings. The van der Waals surface area contributed by atoms with E-state index in [2.05, 4.69) is 19.9 Å². The lowest BCUT2D eigenvalue weighted by molar-refractivity contribution is -0.384. The highest BCUT2D eigenvalue weighted by Gasteiger charge is 2.19. The summed E-state index contributed by atoms with van der Waals surface area (Å²) >= 11 is 1.02. The third-order valence-corrected chi connectivity index (χ3v) is 6.24. The molecule has 0 saturated carbocycles. The zero-order valence-corrected chi connectivity index (χ0v) is 19.5. The van der Waals surface area contributed by atoms with E-state index >= 15 is 0 Å². The maximum Gasteiger partial charge on any atom is 0.270 e. The van der Waals surface area contributed by atoms with E-state index in [1.807, 2.05) is 0 Å². The number of aromatic nitrogens is 1. The molecule has 0 fully saturated rings. The first-order valence-corrected chi connectivity index (χ1v) is 11.4. The number of hydrogen-bond acceptors (Lipinski definition) is 9. The lowest BCUT2D eigenvalue weighted by Crippen LogP contribution is -2.12. The van der Waals surface area contributed by atoms with Gasteiger partial charge in [0.1, 0.15) is 11.4 Å². The summed E-state index contributed by atoms with van der Waals surface area (Å²) in [4.78, 5) is 23.7. The molecular formula is C25H17N5O5S. The van der Waals surface area contributed by atoms with Crippen molar-refractivity contribution in [3.63, 3.8) is 0 Å². The fourth-order valence-electron chi connectivity index (χ4n) is 3.66. The number of benzene rings is 4. The number of anilines is 1. The number of nitro groups is 1. The van der Waals surface area contributed by atoms with Crippen LogP contribution < -0.4 is 10.1 Å². The van der Waals surface area contributed by atoms with Crippen molar-refractivity contribution in [1.82, 2.24) is 4.37 Å². The molecule has 10 nitrogen and oxygen atoms in total. The summed E-state index contributed by atoms with van der Waals surface area (Å²) in [6.07, 6.45) is 0. The number of fused-ring (bicyclic) bond motifs is 2. The van der Waals surface area contributed by atoms with Crippen LogP contribution in [0, 0.1) is 10.1 Å². The first kappa shape index (κ1) is 22.9. The molecule has 0 bridgehead atoms. The van der Waals surface area contributed by atoms with Crippen LogP contribution in [0.25, 0.3) is 21.7 Å². The van der Waals surface area contributed by atoms with Crippen LogP contribution in [0.15, 0.2) is 83.0 Å². The molecule has 0 saturated heterocycles. The quantitative estimate of drug-likeness (QED) is 0.151. The Hall–Kier alpha value is -4.90. The van der Waals surface area contributed by atoms with E-state index in [9.17, 15) is 20.0 Å². The van der Waals surface area contributed by atoms with E-state index in [1.165, 1.54) is 12.1 Å². The Bertz CT molecular complexity index is 1660. The van der Waals surface area contributed by atoms with Gasteiger partial charge >= 0.3 is 0 Å². The van der Waals surface area contributed by atoms with Gasteiger partial charge < -0.3 is 15.2 Å². The molecule has 1 aromatic heterocycles. The number of phenolic OH excluding ortho intramolecular Hbond substituents is 1. The van der Waals surface area contributed by atoms with Crippen molar-refractivity contribution in [2.24, 2.45) is 10.2 Å². The summed E-state index contributed by atoms with van der Waals surface area (Å²) in [7, 11) is 1.55. The molecule has 0 aliphatic carbocycles. The second-order valence-corrected chi connectivity index (χ2v) is 8.42. The van der Waals surface area contributed by atoms with Crippen molar-refractivity contribution in [2.45, 2.75) is 0 Å². The van der Waals surface area contributed by atoms with E-state index in [0.717, 1.165) is 11.5 Å². The van der Waals surface area contributed by atoms with Gasteiger partial charge in [-0.1, -0.05) is 24.3 Å². The molecule has 0 radical (unpaired) electrons. The molecule has 2 N–H and O–H groups in total. The molecule has 0 unspecified atom stereocenters. The van der Waals surface area contributed by atoms with Crippen LogP contribution >= 0.6 is 11.5 Å². The minimum atomic E-state index is -0.529. The number of carbonyl (C=O) groups is 1. The summed E-state index contributed by atoms with van der Waals surface area (Å²) in [5, 5.41) is 35.5. The van der Waals surface area contributed by atoms with E-state index in [0.29, 0.717) is 38.1 Å². The number of aromatic hydroxyl groups is 1.